The zero-order valence-corrected chi connectivity index (χ0v) is 14.0. The third-order valence-electron chi connectivity index (χ3n) is 4.43. The molecule has 0 aliphatic carbocycles. The lowest BCUT2D eigenvalue weighted by Crippen LogP contribution is -2.46. The quantitative estimate of drug-likeness (QED) is 0.730. The Balaban J connectivity index is 2.56. The van der Waals surface area contributed by atoms with Gasteiger partial charge >= 0.3 is 0 Å². The van der Waals surface area contributed by atoms with Crippen LogP contribution in [0.3, 0.4) is 0 Å². The molecular weight excluding hydrogens is 264 g/mol. The van der Waals surface area contributed by atoms with E-state index < -0.39 is 0 Å². The molecule has 2 N–H and O–H groups in total. The van der Waals surface area contributed by atoms with Crippen LogP contribution in [0.5, 0.6) is 5.75 Å². The standard InChI is InChI=1S/C17H30N2O2/c1-14(12-15-8-6-7-9-16(15)21-5)19(4)11-10-17(2,13-20)18-3/h6-9,14,18,20H,10-13H2,1-5H3. The number of benzene rings is 1. The van der Waals surface area contributed by atoms with Crippen molar-refractivity contribution in [2.75, 3.05) is 34.4 Å². The van der Waals surface area contributed by atoms with Crippen LogP contribution in [0.2, 0.25) is 0 Å². The number of ether oxygens (including phenoxy) is 1. The largest absolute Gasteiger partial charge is 0.496 e. The molecule has 4 nitrogen and oxygen atoms in total. The number of hydrogen-bond acceptors (Lipinski definition) is 4. The maximum Gasteiger partial charge on any atom is 0.122 e. The Kier molecular flexibility index (Phi) is 7.15. The van der Waals surface area contributed by atoms with Crippen molar-refractivity contribution in [3.63, 3.8) is 0 Å². The molecule has 120 valence electrons. The average Bonchev–Trinajstić information content (AvgIpc) is 2.52. The Morgan fingerprint density at radius 2 is 2.05 bits per heavy atom. The summed E-state index contributed by atoms with van der Waals surface area (Å²) in [5, 5.41) is 12.6. The van der Waals surface area contributed by atoms with Crippen LogP contribution in [0.1, 0.15) is 25.8 Å². The van der Waals surface area contributed by atoms with Crippen molar-refractivity contribution >= 4 is 0 Å². The number of nitrogens with zero attached hydrogens (tertiary/aromatic N) is 1. The van der Waals surface area contributed by atoms with E-state index in [1.54, 1.807) is 7.11 Å². The van der Waals surface area contributed by atoms with Crippen molar-refractivity contribution in [3.05, 3.63) is 29.8 Å². The van der Waals surface area contributed by atoms with Crippen LogP contribution in [-0.2, 0) is 6.42 Å². The molecule has 2 unspecified atom stereocenters. The van der Waals surface area contributed by atoms with Crippen molar-refractivity contribution < 1.29 is 9.84 Å². The molecule has 0 aliphatic heterocycles. The fraction of sp³-hybridized carbons (Fsp3) is 0.647. The van der Waals surface area contributed by atoms with E-state index >= 15 is 0 Å². The molecule has 0 saturated carbocycles. The summed E-state index contributed by atoms with van der Waals surface area (Å²) in [4.78, 5) is 2.33. The molecule has 0 spiro atoms. The normalized spacial score (nSPS) is 15.8. The second kappa shape index (κ2) is 8.37. The molecule has 0 aliphatic rings. The highest BCUT2D eigenvalue weighted by atomic mass is 16.5. The molecular formula is C17H30N2O2. The van der Waals surface area contributed by atoms with E-state index in [4.69, 9.17) is 4.74 Å². The van der Waals surface area contributed by atoms with Gasteiger partial charge in [-0.3, -0.25) is 0 Å². The minimum absolute atomic E-state index is 0.151. The first-order valence-electron chi connectivity index (χ1n) is 7.57. The smallest absolute Gasteiger partial charge is 0.122 e. The Bertz CT molecular complexity index is 419. The third-order valence-corrected chi connectivity index (χ3v) is 4.43. The summed E-state index contributed by atoms with van der Waals surface area (Å²) >= 11 is 0. The number of rotatable bonds is 9. The van der Waals surface area contributed by atoms with E-state index in [2.05, 4.69) is 36.3 Å². The van der Waals surface area contributed by atoms with Gasteiger partial charge in [0.1, 0.15) is 5.75 Å². The van der Waals surface area contributed by atoms with Gasteiger partial charge in [0.25, 0.3) is 0 Å². The van der Waals surface area contributed by atoms with Crippen molar-refractivity contribution in [2.24, 2.45) is 0 Å². The van der Waals surface area contributed by atoms with E-state index in [0.29, 0.717) is 6.04 Å². The first kappa shape index (κ1) is 18.0. The molecule has 1 rings (SSSR count). The highest BCUT2D eigenvalue weighted by Crippen LogP contribution is 2.20. The molecule has 0 saturated heterocycles. The summed E-state index contributed by atoms with van der Waals surface area (Å²) in [5.41, 5.74) is 1.02. The fourth-order valence-electron chi connectivity index (χ4n) is 2.27. The van der Waals surface area contributed by atoms with Gasteiger partial charge in [0.2, 0.25) is 0 Å². The SMILES string of the molecule is CNC(C)(CO)CCN(C)C(C)Cc1ccccc1OC. The van der Waals surface area contributed by atoms with Gasteiger partial charge < -0.3 is 20.1 Å². The van der Waals surface area contributed by atoms with Gasteiger partial charge in [-0.15, -0.1) is 0 Å². The van der Waals surface area contributed by atoms with Crippen LogP contribution in [0.15, 0.2) is 24.3 Å². The number of aliphatic hydroxyl groups excluding tert-OH is 1. The average molecular weight is 294 g/mol. The summed E-state index contributed by atoms with van der Waals surface area (Å²) in [7, 11) is 5.74. The van der Waals surface area contributed by atoms with Crippen LogP contribution in [0.25, 0.3) is 0 Å². The van der Waals surface area contributed by atoms with Gasteiger partial charge in [-0.2, -0.15) is 0 Å². The van der Waals surface area contributed by atoms with Gasteiger partial charge in [0.15, 0.2) is 0 Å². The number of para-hydroxylation sites is 1. The lowest BCUT2D eigenvalue weighted by Gasteiger charge is -2.32. The summed E-state index contributed by atoms with van der Waals surface area (Å²) in [6.07, 6.45) is 1.86. The van der Waals surface area contributed by atoms with Crippen LogP contribution < -0.4 is 10.1 Å². The van der Waals surface area contributed by atoms with Crippen LogP contribution in [0, 0.1) is 0 Å². The molecule has 0 aromatic heterocycles. The Hall–Kier alpha value is -1.10. The Morgan fingerprint density at radius 1 is 1.38 bits per heavy atom. The predicted molar refractivity (Wildman–Crippen MR) is 88.0 cm³/mol. The number of aliphatic hydroxyl groups is 1. The van der Waals surface area contributed by atoms with Gasteiger partial charge in [-0.25, -0.2) is 0 Å². The molecule has 0 fully saturated rings. The lowest BCUT2D eigenvalue weighted by atomic mass is 9.98. The maximum atomic E-state index is 9.44. The topological polar surface area (TPSA) is 44.7 Å². The van der Waals surface area contributed by atoms with Gasteiger partial charge in [-0.1, -0.05) is 18.2 Å². The zero-order chi connectivity index (χ0) is 15.9. The van der Waals surface area contributed by atoms with Crippen molar-refractivity contribution in [3.8, 4) is 5.75 Å². The summed E-state index contributed by atoms with van der Waals surface area (Å²) in [6.45, 7) is 5.36. The van der Waals surface area contributed by atoms with Gasteiger partial charge in [0.05, 0.1) is 13.7 Å². The van der Waals surface area contributed by atoms with E-state index in [0.717, 1.165) is 25.1 Å². The zero-order valence-electron chi connectivity index (χ0n) is 14.0. The lowest BCUT2D eigenvalue weighted by molar-refractivity contribution is 0.148. The second-order valence-corrected chi connectivity index (χ2v) is 6.06. The molecule has 0 amide bonds. The number of nitrogens with one attached hydrogen (secondary N) is 1. The number of methoxy groups -OCH3 is 1. The fourth-order valence-corrected chi connectivity index (χ4v) is 2.27. The molecule has 0 bridgehead atoms. The molecule has 0 heterocycles. The maximum absolute atomic E-state index is 9.44. The van der Waals surface area contributed by atoms with Crippen LogP contribution >= 0.6 is 0 Å². The first-order valence-corrected chi connectivity index (χ1v) is 7.57. The van der Waals surface area contributed by atoms with Crippen molar-refractivity contribution in [1.82, 2.24) is 10.2 Å². The molecule has 4 heteroatoms. The number of likely N-dealkylation sites (N-methyl/N-ethyl adjacent to an activating group) is 2. The van der Waals surface area contributed by atoms with Crippen LogP contribution in [-0.4, -0.2) is 55.9 Å². The van der Waals surface area contributed by atoms with E-state index in [9.17, 15) is 5.11 Å². The molecule has 1 aromatic rings. The molecule has 21 heavy (non-hydrogen) atoms. The third kappa shape index (κ3) is 5.30. The van der Waals surface area contributed by atoms with E-state index in [1.165, 1.54) is 5.56 Å². The van der Waals surface area contributed by atoms with Gasteiger partial charge in [0, 0.05) is 11.6 Å². The van der Waals surface area contributed by atoms with Crippen molar-refractivity contribution in [1.29, 1.82) is 0 Å². The summed E-state index contributed by atoms with van der Waals surface area (Å²) in [6, 6.07) is 8.59. The molecule has 0 radical (unpaired) electrons. The highest BCUT2D eigenvalue weighted by Gasteiger charge is 2.22. The summed E-state index contributed by atoms with van der Waals surface area (Å²) in [5.74, 6) is 0.952. The first-order chi connectivity index (χ1) is 9.95. The second-order valence-electron chi connectivity index (χ2n) is 6.06. The van der Waals surface area contributed by atoms with E-state index in [-0.39, 0.29) is 12.1 Å². The van der Waals surface area contributed by atoms with Crippen LogP contribution in [0.4, 0.5) is 0 Å². The van der Waals surface area contributed by atoms with E-state index in [1.807, 2.05) is 26.1 Å². The van der Waals surface area contributed by atoms with Gasteiger partial charge in [-0.05, 0) is 59.0 Å². The summed E-state index contributed by atoms with van der Waals surface area (Å²) < 4.78 is 5.41. The monoisotopic (exact) mass is 294 g/mol. The predicted octanol–water partition coefficient (Wildman–Crippen LogP) is 1.92. The highest BCUT2D eigenvalue weighted by molar-refractivity contribution is 5.33. The van der Waals surface area contributed by atoms with Crippen molar-refractivity contribution in [2.45, 2.75) is 38.3 Å². The Labute approximate surface area is 129 Å². The number of hydrogen-bond donors (Lipinski definition) is 2. The molecule has 2 atom stereocenters. The Morgan fingerprint density at radius 3 is 2.62 bits per heavy atom. The minimum atomic E-state index is -0.210. The molecule has 1 aromatic carbocycles. The minimum Gasteiger partial charge on any atom is -0.496 e.